The smallest absolute Gasteiger partial charge is 0.369 e. The lowest BCUT2D eigenvalue weighted by atomic mass is 10.0. The van der Waals surface area contributed by atoms with E-state index in [-0.39, 0.29) is 16.9 Å². The van der Waals surface area contributed by atoms with Gasteiger partial charge in [0.25, 0.3) is 5.91 Å². The molecule has 0 bridgehead atoms. The Balaban J connectivity index is 1.28. The molecule has 4 heterocycles. The van der Waals surface area contributed by atoms with Crippen molar-refractivity contribution in [3.63, 3.8) is 0 Å². The molecule has 1 atom stereocenters. The van der Waals surface area contributed by atoms with Crippen LogP contribution in [0.4, 0.5) is 39.1 Å². The number of hydrogen-bond donors (Lipinski definition) is 1. The van der Waals surface area contributed by atoms with Crippen LogP contribution in [0.5, 0.6) is 0 Å². The third-order valence-electron chi connectivity index (χ3n) is 7.89. The fourth-order valence-electron chi connectivity index (χ4n) is 5.66. The number of nitrogens with zero attached hydrogens (tertiary/aromatic N) is 6. The van der Waals surface area contributed by atoms with Crippen molar-refractivity contribution in [2.75, 3.05) is 54.9 Å². The number of rotatable bonds is 5. The van der Waals surface area contributed by atoms with E-state index in [0.717, 1.165) is 37.7 Å². The highest BCUT2D eigenvalue weighted by Crippen LogP contribution is 2.38. The van der Waals surface area contributed by atoms with Gasteiger partial charge in [-0.05, 0) is 62.4 Å². The van der Waals surface area contributed by atoms with Crippen molar-refractivity contribution in [1.29, 1.82) is 0 Å². The third-order valence-corrected chi connectivity index (χ3v) is 7.89. The fourth-order valence-corrected chi connectivity index (χ4v) is 5.66. The van der Waals surface area contributed by atoms with Crippen molar-refractivity contribution in [2.24, 2.45) is 0 Å². The Morgan fingerprint density at radius 3 is 2.55 bits per heavy atom. The van der Waals surface area contributed by atoms with Crippen LogP contribution < -0.4 is 15.1 Å². The average molecular weight is 586 g/mol. The monoisotopic (exact) mass is 585 g/mol. The number of aromatic nitrogens is 3. The lowest BCUT2D eigenvalue weighted by molar-refractivity contribution is -0.137. The summed E-state index contributed by atoms with van der Waals surface area (Å²) in [6.07, 6.45) is -0.542. The predicted molar refractivity (Wildman–Crippen MR) is 148 cm³/mol. The zero-order valence-electron chi connectivity index (χ0n) is 22.7. The number of likely N-dealkylation sites (N-methyl/N-ethyl adjacent to an activating group) is 1. The van der Waals surface area contributed by atoms with E-state index in [1.807, 2.05) is 16.8 Å². The molecule has 1 amide bonds. The number of hydrogen-bond acceptors (Lipinski definition) is 6. The largest absolute Gasteiger partial charge is 0.417 e. The Kier molecular flexibility index (Phi) is 7.21. The standard InChI is InChI=1S/C29H28F5N7O/c1-38-11-13-39(14-12-38)19-5-6-20(22(16-19)29(32,33)34)28(42)36-24-17-35-41-10-8-26(37-27(24)41)40-9-2-3-25(40)21-15-18(30)4-7-23(21)31/h4-8,10,15-17,25H,2-3,9,11-14H2,1H3,(H,36,42). The summed E-state index contributed by atoms with van der Waals surface area (Å²) in [6, 6.07) is 8.29. The minimum absolute atomic E-state index is 0.116. The van der Waals surface area contributed by atoms with Crippen LogP contribution in [0.15, 0.2) is 54.9 Å². The van der Waals surface area contributed by atoms with Crippen molar-refractivity contribution < 1.29 is 26.7 Å². The minimum atomic E-state index is -4.75. The highest BCUT2D eigenvalue weighted by Gasteiger charge is 2.36. The summed E-state index contributed by atoms with van der Waals surface area (Å²) < 4.78 is 72.2. The molecule has 0 spiro atoms. The van der Waals surface area contributed by atoms with Gasteiger partial charge in [0.2, 0.25) is 0 Å². The second-order valence-electron chi connectivity index (χ2n) is 10.6. The molecule has 4 aromatic rings. The van der Waals surface area contributed by atoms with Crippen LogP contribution in [0.2, 0.25) is 0 Å². The first-order valence-electron chi connectivity index (χ1n) is 13.6. The van der Waals surface area contributed by atoms with Gasteiger partial charge in [0.1, 0.15) is 23.1 Å². The molecule has 2 saturated heterocycles. The summed E-state index contributed by atoms with van der Waals surface area (Å²) >= 11 is 0. The molecule has 0 radical (unpaired) electrons. The van der Waals surface area contributed by atoms with Gasteiger partial charge in [-0.25, -0.2) is 18.3 Å². The number of amides is 1. The number of halogens is 5. The molecule has 0 saturated carbocycles. The second kappa shape index (κ2) is 10.9. The molecule has 2 fully saturated rings. The summed E-state index contributed by atoms with van der Waals surface area (Å²) in [6.45, 7) is 3.15. The van der Waals surface area contributed by atoms with Crippen LogP contribution in [-0.2, 0) is 6.18 Å². The van der Waals surface area contributed by atoms with Crippen molar-refractivity contribution in [2.45, 2.75) is 25.1 Å². The number of benzene rings is 2. The lowest BCUT2D eigenvalue weighted by Crippen LogP contribution is -2.44. The first-order valence-corrected chi connectivity index (χ1v) is 13.6. The van der Waals surface area contributed by atoms with E-state index in [0.29, 0.717) is 37.6 Å². The van der Waals surface area contributed by atoms with E-state index in [9.17, 15) is 26.7 Å². The molecule has 2 aromatic heterocycles. The molecular weight excluding hydrogens is 557 g/mol. The van der Waals surface area contributed by atoms with Gasteiger partial charge in [0.05, 0.1) is 23.4 Å². The summed E-state index contributed by atoms with van der Waals surface area (Å²) in [5, 5.41) is 6.71. The van der Waals surface area contributed by atoms with E-state index in [1.54, 1.807) is 12.3 Å². The van der Waals surface area contributed by atoms with Crippen molar-refractivity contribution >= 4 is 28.7 Å². The van der Waals surface area contributed by atoms with Crippen LogP contribution in [0, 0.1) is 11.6 Å². The molecule has 8 nitrogen and oxygen atoms in total. The van der Waals surface area contributed by atoms with Crippen LogP contribution in [0.1, 0.15) is 40.4 Å². The zero-order chi connectivity index (χ0) is 29.6. The van der Waals surface area contributed by atoms with Crippen LogP contribution in [-0.4, -0.2) is 65.2 Å². The molecule has 13 heteroatoms. The Morgan fingerprint density at radius 2 is 1.79 bits per heavy atom. The summed E-state index contributed by atoms with van der Waals surface area (Å²) in [5.41, 5.74) is -0.602. The first-order chi connectivity index (χ1) is 20.1. The van der Waals surface area contributed by atoms with Crippen molar-refractivity contribution in [3.8, 4) is 0 Å². The number of carbonyl (C=O) groups excluding carboxylic acids is 1. The van der Waals surface area contributed by atoms with Gasteiger partial charge >= 0.3 is 6.18 Å². The van der Waals surface area contributed by atoms with Gasteiger partial charge in [-0.2, -0.15) is 18.3 Å². The van der Waals surface area contributed by atoms with Gasteiger partial charge < -0.3 is 20.0 Å². The lowest BCUT2D eigenvalue weighted by Gasteiger charge is -2.34. The molecule has 2 aromatic carbocycles. The molecule has 42 heavy (non-hydrogen) atoms. The molecule has 2 aliphatic rings. The third kappa shape index (κ3) is 5.36. The summed E-state index contributed by atoms with van der Waals surface area (Å²) in [5.74, 6) is -1.57. The highest BCUT2D eigenvalue weighted by atomic mass is 19.4. The van der Waals surface area contributed by atoms with E-state index in [2.05, 4.69) is 20.3 Å². The van der Waals surface area contributed by atoms with E-state index in [1.165, 1.54) is 28.9 Å². The topological polar surface area (TPSA) is 69.0 Å². The second-order valence-corrected chi connectivity index (χ2v) is 10.6. The van der Waals surface area contributed by atoms with Crippen molar-refractivity contribution in [1.82, 2.24) is 19.5 Å². The van der Waals surface area contributed by atoms with Gasteiger partial charge in [-0.3, -0.25) is 4.79 Å². The quantitative estimate of drug-likeness (QED) is 0.318. The van der Waals surface area contributed by atoms with E-state index in [4.69, 9.17) is 0 Å². The molecule has 2 aliphatic heterocycles. The maximum Gasteiger partial charge on any atom is 0.417 e. The molecule has 1 unspecified atom stereocenters. The van der Waals surface area contributed by atoms with Crippen LogP contribution in [0.3, 0.4) is 0 Å². The Morgan fingerprint density at radius 1 is 1.00 bits per heavy atom. The average Bonchev–Trinajstić information content (AvgIpc) is 3.61. The van der Waals surface area contributed by atoms with E-state index < -0.39 is 40.9 Å². The summed E-state index contributed by atoms with van der Waals surface area (Å²) in [7, 11) is 1.96. The van der Waals surface area contributed by atoms with Gasteiger partial charge in [0.15, 0.2) is 5.65 Å². The molecule has 1 N–H and O–H groups in total. The van der Waals surface area contributed by atoms with Crippen molar-refractivity contribution in [3.05, 3.63) is 83.2 Å². The molecule has 6 rings (SSSR count). The number of anilines is 3. The minimum Gasteiger partial charge on any atom is -0.369 e. The zero-order valence-corrected chi connectivity index (χ0v) is 22.7. The van der Waals surface area contributed by atoms with Gasteiger partial charge in [0, 0.05) is 50.2 Å². The molecule has 0 aliphatic carbocycles. The van der Waals surface area contributed by atoms with Crippen LogP contribution in [0.25, 0.3) is 5.65 Å². The van der Waals surface area contributed by atoms with Gasteiger partial charge in [-0.1, -0.05) is 0 Å². The van der Waals surface area contributed by atoms with Crippen LogP contribution >= 0.6 is 0 Å². The van der Waals surface area contributed by atoms with E-state index >= 15 is 0 Å². The molecular formula is C29H28F5N7O. The highest BCUT2D eigenvalue weighted by molar-refractivity contribution is 6.07. The van der Waals surface area contributed by atoms with Gasteiger partial charge in [-0.15, -0.1) is 0 Å². The number of alkyl halides is 3. The maximum atomic E-state index is 14.6. The Hall–Kier alpha value is -4.26. The first kappa shape index (κ1) is 27.9. The Labute approximate surface area is 238 Å². The number of nitrogens with one attached hydrogen (secondary N) is 1. The Bertz CT molecular complexity index is 1630. The fraction of sp³-hybridized carbons (Fsp3) is 0.345. The summed E-state index contributed by atoms with van der Waals surface area (Å²) in [4.78, 5) is 23.6. The SMILES string of the molecule is CN1CCN(c2ccc(C(=O)Nc3cnn4ccc(N5CCCC5c5cc(F)ccc5F)nc34)c(C(F)(F)F)c2)CC1. The predicted octanol–water partition coefficient (Wildman–Crippen LogP) is 5.37. The normalized spacial score (nSPS) is 18.2. The molecule has 220 valence electrons. The number of fused-ring (bicyclic) bond motifs is 1. The number of carbonyl (C=O) groups is 1. The number of piperazine rings is 1. The maximum absolute atomic E-state index is 14.6.